The van der Waals surface area contributed by atoms with Crippen LogP contribution in [-0.4, -0.2) is 109 Å². The molecule has 5 heterocycles. The molecule has 3 atom stereocenters. The molecular weight excluding hydrogens is 864 g/mol. The zero-order valence-corrected chi connectivity index (χ0v) is 38.3. The minimum absolute atomic E-state index is 0.000959. The van der Waals surface area contributed by atoms with E-state index >= 15 is 0 Å². The number of rotatable bonds is 13. The molecule has 0 saturated carbocycles. The fourth-order valence-electron chi connectivity index (χ4n) is 8.83. The van der Waals surface area contributed by atoms with Crippen LogP contribution in [0.5, 0.6) is 0 Å². The van der Waals surface area contributed by atoms with Gasteiger partial charge in [0.25, 0.3) is 5.56 Å². The van der Waals surface area contributed by atoms with Gasteiger partial charge in [-0.3, -0.25) is 24.0 Å². The Kier molecular flexibility index (Phi) is 13.2. The number of aliphatic hydroxyl groups excluding tert-OH is 1. The molecule has 2 saturated heterocycles. The number of benzene rings is 3. The number of nitrogens with two attached hydrogens (primary N) is 1. The first-order valence-electron chi connectivity index (χ1n) is 22.2. The highest BCUT2D eigenvalue weighted by atomic mass is 32.1. The minimum atomic E-state index is -0.944. The number of anilines is 2. The third kappa shape index (κ3) is 9.79. The first kappa shape index (κ1) is 45.9. The van der Waals surface area contributed by atoms with E-state index in [1.165, 1.54) is 17.0 Å². The van der Waals surface area contributed by atoms with Crippen LogP contribution in [0.15, 0.2) is 71.0 Å². The number of aryl methyl sites for hydroxylation is 1. The molecule has 7 N–H and O–H groups in total. The molecule has 0 spiro atoms. The maximum atomic E-state index is 14.7. The van der Waals surface area contributed by atoms with Crippen molar-refractivity contribution in [2.24, 2.45) is 5.41 Å². The van der Waals surface area contributed by atoms with Gasteiger partial charge < -0.3 is 46.1 Å². The summed E-state index contributed by atoms with van der Waals surface area (Å²) < 4.78 is 14.7. The van der Waals surface area contributed by atoms with Crippen LogP contribution in [0.1, 0.15) is 64.1 Å². The SMILES string of the molecule is Cc1ncsc1-c1ccc(CNC(=O)[C@@H]2C[C@@H](O)CN2C(=O)[C@@H](NC(=O)CCCCC(=O)N2CCN(c3ccc4nc(-c5c(N)c6c(F)cccc6[nH]c5=O)[nH]c4c3)CC2)C(C)(C)C)cc1. The summed E-state index contributed by atoms with van der Waals surface area (Å²) in [6.45, 7) is 9.94. The normalized spacial score (nSPS) is 17.1. The van der Waals surface area contributed by atoms with Crippen LogP contribution in [-0.2, 0) is 25.7 Å². The topological polar surface area (TPSA) is 223 Å². The Hall–Kier alpha value is -6.66. The van der Waals surface area contributed by atoms with Gasteiger partial charge in [0.1, 0.15) is 29.3 Å². The number of thiazole rings is 1. The highest BCUT2D eigenvalue weighted by Crippen LogP contribution is 2.32. The summed E-state index contributed by atoms with van der Waals surface area (Å²) in [5, 5.41) is 16.6. The maximum Gasteiger partial charge on any atom is 0.261 e. The minimum Gasteiger partial charge on any atom is -0.397 e. The van der Waals surface area contributed by atoms with Crippen molar-refractivity contribution in [2.75, 3.05) is 43.4 Å². The summed E-state index contributed by atoms with van der Waals surface area (Å²) in [5.41, 5.74) is 12.4. The van der Waals surface area contributed by atoms with Gasteiger partial charge in [0.15, 0.2) is 0 Å². The molecule has 4 amide bonds. The molecule has 2 aliphatic heterocycles. The fourth-order valence-corrected chi connectivity index (χ4v) is 9.64. The zero-order valence-electron chi connectivity index (χ0n) is 37.4. The number of carbonyl (C=O) groups excluding carboxylic acids is 4. The maximum absolute atomic E-state index is 14.7. The van der Waals surface area contributed by atoms with Crippen LogP contribution in [0, 0.1) is 18.2 Å². The lowest BCUT2D eigenvalue weighted by atomic mass is 9.85. The van der Waals surface area contributed by atoms with E-state index in [0.717, 1.165) is 27.4 Å². The van der Waals surface area contributed by atoms with Crippen molar-refractivity contribution in [3.05, 3.63) is 93.6 Å². The van der Waals surface area contributed by atoms with E-state index in [2.05, 4.69) is 35.5 Å². The van der Waals surface area contributed by atoms with Gasteiger partial charge in [0, 0.05) is 64.2 Å². The number of nitrogens with one attached hydrogen (secondary N) is 4. The number of nitrogen functional groups attached to an aromatic ring is 1. The van der Waals surface area contributed by atoms with Crippen molar-refractivity contribution in [3.63, 3.8) is 0 Å². The molecule has 2 fully saturated rings. The summed E-state index contributed by atoms with van der Waals surface area (Å²) in [6.07, 6.45) is 0.538. The number of likely N-dealkylation sites (tertiary alicyclic amines) is 1. The van der Waals surface area contributed by atoms with Gasteiger partial charge in [-0.2, -0.15) is 0 Å². The van der Waals surface area contributed by atoms with E-state index in [1.807, 2.05) is 80.6 Å². The summed E-state index contributed by atoms with van der Waals surface area (Å²) >= 11 is 1.57. The number of pyridine rings is 1. The highest BCUT2D eigenvalue weighted by molar-refractivity contribution is 7.13. The largest absolute Gasteiger partial charge is 0.397 e. The second kappa shape index (κ2) is 19.1. The number of piperazine rings is 1. The number of nitrogens with zero attached hydrogens (tertiary/aromatic N) is 5. The van der Waals surface area contributed by atoms with Crippen LogP contribution in [0.4, 0.5) is 15.8 Å². The van der Waals surface area contributed by atoms with Gasteiger partial charge >= 0.3 is 0 Å². The Morgan fingerprint density at radius 3 is 2.44 bits per heavy atom. The molecule has 0 bridgehead atoms. The molecule has 3 aromatic heterocycles. The zero-order chi connectivity index (χ0) is 46.9. The van der Waals surface area contributed by atoms with E-state index in [1.54, 1.807) is 17.4 Å². The number of fused-ring (bicyclic) bond motifs is 2. The molecule has 0 radical (unpaired) electrons. The number of β-amino-alcohol motifs (C(OH)–C–C–N with tert-alkyl or cyclic N) is 1. The molecule has 0 unspecified atom stereocenters. The van der Waals surface area contributed by atoms with Crippen LogP contribution >= 0.6 is 11.3 Å². The Morgan fingerprint density at radius 1 is 0.985 bits per heavy atom. The van der Waals surface area contributed by atoms with Crippen LogP contribution < -0.4 is 26.8 Å². The number of aromatic nitrogens is 4. The van der Waals surface area contributed by atoms with Crippen molar-refractivity contribution in [2.45, 2.75) is 84.5 Å². The van der Waals surface area contributed by atoms with Gasteiger partial charge in [0.2, 0.25) is 23.6 Å². The summed E-state index contributed by atoms with van der Waals surface area (Å²) in [6, 6.07) is 16.1. The lowest BCUT2D eigenvalue weighted by molar-refractivity contribution is -0.144. The average molecular weight is 919 g/mol. The van der Waals surface area contributed by atoms with E-state index in [4.69, 9.17) is 5.73 Å². The van der Waals surface area contributed by atoms with Gasteiger partial charge in [-0.1, -0.05) is 51.1 Å². The third-order valence-electron chi connectivity index (χ3n) is 12.5. The number of halogens is 1. The van der Waals surface area contributed by atoms with Crippen LogP contribution in [0.3, 0.4) is 0 Å². The van der Waals surface area contributed by atoms with Gasteiger partial charge in [-0.25, -0.2) is 14.4 Å². The summed E-state index contributed by atoms with van der Waals surface area (Å²) in [7, 11) is 0. The van der Waals surface area contributed by atoms with Crippen molar-refractivity contribution >= 4 is 68.3 Å². The molecule has 8 rings (SSSR count). The van der Waals surface area contributed by atoms with Gasteiger partial charge in [0.05, 0.1) is 49.8 Å². The quantitative estimate of drug-likeness (QED) is 0.0827. The standard InChI is InChI=1S/C48H55FN10O6S/c1-27-42(66-26-52-27)29-14-12-28(13-15-29)24-51-45(63)36-23-31(60)25-59(36)47(65)43(48(2,3)4)56-37(61)10-5-6-11-38(62)58-20-18-57(19-21-58)30-16-17-33-35(22-30)54-44(53-33)40-41(50)39-32(49)8-7-9-34(39)55-46(40)64/h7-9,12-17,22,26,31,36,43,60H,5-6,10-11,18-21,23-25H2,1-4H3,(H,51,63)(H,53,54)(H,56,61)(H3,50,55,64)/t31-,36+,43-/m1/s1. The van der Waals surface area contributed by atoms with E-state index in [-0.39, 0.29) is 72.5 Å². The Morgan fingerprint density at radius 2 is 1.73 bits per heavy atom. The first-order valence-corrected chi connectivity index (χ1v) is 23.1. The molecule has 6 aromatic rings. The van der Waals surface area contributed by atoms with E-state index in [9.17, 15) is 33.5 Å². The molecule has 18 heteroatoms. The highest BCUT2D eigenvalue weighted by Gasteiger charge is 2.44. The number of H-pyrrole nitrogens is 2. The Labute approximate surface area is 384 Å². The number of amides is 4. The summed E-state index contributed by atoms with van der Waals surface area (Å²) in [5.74, 6) is -1.44. The monoisotopic (exact) mass is 918 g/mol. The lowest BCUT2D eigenvalue weighted by Crippen LogP contribution is -2.57. The second-order valence-corrected chi connectivity index (χ2v) is 19.1. The van der Waals surface area contributed by atoms with Crippen LogP contribution in [0.25, 0.3) is 43.8 Å². The number of imidazole rings is 1. The number of aromatic amines is 2. The molecule has 16 nitrogen and oxygen atoms in total. The third-order valence-corrected chi connectivity index (χ3v) is 13.5. The number of hydrogen-bond donors (Lipinski definition) is 6. The number of aliphatic hydroxyl groups is 1. The van der Waals surface area contributed by atoms with Crippen LogP contribution in [0.2, 0.25) is 0 Å². The molecule has 3 aromatic carbocycles. The molecular formula is C48H55FN10O6S. The van der Waals surface area contributed by atoms with E-state index in [0.29, 0.717) is 55.6 Å². The van der Waals surface area contributed by atoms with Crippen molar-refractivity contribution in [1.29, 1.82) is 0 Å². The lowest BCUT2D eigenvalue weighted by Gasteiger charge is -2.36. The fraction of sp³-hybridized carbons (Fsp3) is 0.396. The molecule has 346 valence electrons. The Balaban J connectivity index is 0.794. The van der Waals surface area contributed by atoms with Crippen molar-refractivity contribution in [1.82, 2.24) is 40.4 Å². The smallest absolute Gasteiger partial charge is 0.261 e. The van der Waals surface area contributed by atoms with Crippen molar-refractivity contribution in [3.8, 4) is 21.8 Å². The number of hydrogen-bond acceptors (Lipinski definition) is 11. The predicted molar refractivity (Wildman–Crippen MR) is 253 cm³/mol. The Bertz CT molecular complexity index is 2840. The molecule has 2 aliphatic rings. The predicted octanol–water partition coefficient (Wildman–Crippen LogP) is 5.24. The van der Waals surface area contributed by atoms with Gasteiger partial charge in [-0.05, 0) is 66.6 Å². The van der Waals surface area contributed by atoms with Gasteiger partial charge in [-0.15, -0.1) is 11.3 Å². The average Bonchev–Trinajstić information content (AvgIpc) is 4.03. The second-order valence-electron chi connectivity index (χ2n) is 18.2. The van der Waals surface area contributed by atoms with E-state index < -0.39 is 40.9 Å². The van der Waals surface area contributed by atoms with Crippen molar-refractivity contribution < 1.29 is 28.7 Å². The summed E-state index contributed by atoms with van der Waals surface area (Å²) in [4.78, 5) is 88.3. The number of carbonyl (C=O) groups is 4. The molecule has 0 aliphatic carbocycles. The molecule has 66 heavy (non-hydrogen) atoms. The first-order chi connectivity index (χ1) is 31.5. The number of unbranched alkanes of at least 4 members (excludes halogenated alkanes) is 1.